The maximum absolute atomic E-state index is 13.6. The van der Waals surface area contributed by atoms with E-state index in [1.807, 2.05) is 0 Å². The second kappa shape index (κ2) is 17.8. The summed E-state index contributed by atoms with van der Waals surface area (Å²) in [5.74, 6) is -7.28. The fourth-order valence-electron chi connectivity index (χ4n) is 3.78. The largest absolute Gasteiger partial charge is 0.467 e. The lowest BCUT2D eigenvalue weighted by Gasteiger charge is -2.35. The highest BCUT2D eigenvalue weighted by molar-refractivity contribution is 5.89. The highest BCUT2D eigenvalue weighted by atomic mass is 16.6. The molecule has 0 aliphatic heterocycles. The number of rotatable bonds is 15. The zero-order valence-electron chi connectivity index (χ0n) is 25.2. The van der Waals surface area contributed by atoms with Gasteiger partial charge in [0.05, 0.1) is 7.11 Å². The van der Waals surface area contributed by atoms with Crippen LogP contribution in [0.15, 0.2) is 24.3 Å². The maximum Gasteiger partial charge on any atom is 0.328 e. The van der Waals surface area contributed by atoms with Crippen LogP contribution in [0.2, 0.25) is 0 Å². The van der Waals surface area contributed by atoms with Gasteiger partial charge in [0.25, 0.3) is 5.91 Å². The molecule has 0 saturated carbocycles. The smallest absolute Gasteiger partial charge is 0.328 e. The molecular formula is C28H35NO15. The number of benzene rings is 1. The van der Waals surface area contributed by atoms with Gasteiger partial charge in [0.15, 0.2) is 18.3 Å². The standard InChI is InChI=1S/C28H35NO15/c1-14(30)39-13-23(41-16(3)32)24(42-17(4)33)25(43-18(5)34)26(44-19(6)35)27(36)29-22(28(37)38-7)12-20-8-10-21(11-9-20)40-15(2)31/h8-11,22-26H,12-13H2,1-7H3,(H,29,36)/t22-,23+,24+,25-,26+/m0/s1. The third-order valence-electron chi connectivity index (χ3n) is 5.34. The molecule has 0 radical (unpaired) electrons. The SMILES string of the molecule is COC(=O)[C@H](Cc1ccc(OC(C)=O)cc1)NC(=O)[C@H](OC(C)=O)[C@@H](OC(C)=O)[C@H](OC(C)=O)[C@@H](COC(C)=O)OC(C)=O. The highest BCUT2D eigenvalue weighted by Crippen LogP contribution is 2.21. The number of carbonyl (C=O) groups is 8. The van der Waals surface area contributed by atoms with Crippen molar-refractivity contribution in [1.82, 2.24) is 5.32 Å². The number of carbonyl (C=O) groups excluding carboxylic acids is 8. The second-order valence-corrected chi connectivity index (χ2v) is 9.15. The fourth-order valence-corrected chi connectivity index (χ4v) is 3.78. The Hall–Kier alpha value is -5.02. The van der Waals surface area contributed by atoms with Crippen molar-refractivity contribution in [2.75, 3.05) is 13.7 Å². The van der Waals surface area contributed by atoms with Crippen molar-refractivity contribution in [2.45, 2.75) is 78.4 Å². The zero-order valence-corrected chi connectivity index (χ0v) is 25.2. The molecule has 0 fully saturated rings. The molecule has 1 amide bonds. The van der Waals surface area contributed by atoms with E-state index in [9.17, 15) is 38.4 Å². The third-order valence-corrected chi connectivity index (χ3v) is 5.34. The lowest BCUT2D eigenvalue weighted by Crippen LogP contribution is -2.59. The molecule has 1 N–H and O–H groups in total. The summed E-state index contributed by atoms with van der Waals surface area (Å²) in [4.78, 5) is 97.1. The molecule has 0 aliphatic carbocycles. The van der Waals surface area contributed by atoms with Gasteiger partial charge in [0, 0.05) is 48.0 Å². The minimum absolute atomic E-state index is 0.167. The van der Waals surface area contributed by atoms with Crippen LogP contribution in [0, 0.1) is 0 Å². The van der Waals surface area contributed by atoms with Gasteiger partial charge in [-0.25, -0.2) is 4.79 Å². The Morgan fingerprint density at radius 3 is 1.64 bits per heavy atom. The van der Waals surface area contributed by atoms with E-state index in [4.69, 9.17) is 33.2 Å². The summed E-state index contributed by atoms with van der Waals surface area (Å²) in [5.41, 5.74) is 0.478. The normalized spacial score (nSPS) is 13.8. The van der Waals surface area contributed by atoms with Crippen molar-refractivity contribution in [3.63, 3.8) is 0 Å². The summed E-state index contributed by atoms with van der Waals surface area (Å²) < 4.78 is 35.5. The Kier molecular flexibility index (Phi) is 15.0. The van der Waals surface area contributed by atoms with Gasteiger partial charge in [-0.2, -0.15) is 0 Å². The molecule has 16 nitrogen and oxygen atoms in total. The van der Waals surface area contributed by atoms with Crippen LogP contribution in [0.1, 0.15) is 47.1 Å². The first-order valence-electron chi connectivity index (χ1n) is 13.0. The van der Waals surface area contributed by atoms with Crippen LogP contribution < -0.4 is 10.1 Å². The number of methoxy groups -OCH3 is 1. The van der Waals surface area contributed by atoms with E-state index in [0.717, 1.165) is 41.7 Å². The van der Waals surface area contributed by atoms with E-state index >= 15 is 0 Å². The molecule has 1 aromatic carbocycles. The predicted octanol–water partition coefficient (Wildman–Crippen LogP) is 0.102. The molecule has 0 aromatic heterocycles. The van der Waals surface area contributed by atoms with E-state index in [0.29, 0.717) is 5.56 Å². The lowest BCUT2D eigenvalue weighted by molar-refractivity contribution is -0.203. The monoisotopic (exact) mass is 625 g/mol. The summed E-state index contributed by atoms with van der Waals surface area (Å²) in [6.45, 7) is 5.35. The average molecular weight is 626 g/mol. The van der Waals surface area contributed by atoms with E-state index in [1.54, 1.807) is 0 Å². The molecule has 0 heterocycles. The Balaban J connectivity index is 3.56. The van der Waals surface area contributed by atoms with Gasteiger partial charge < -0.3 is 38.5 Å². The Morgan fingerprint density at radius 1 is 0.659 bits per heavy atom. The van der Waals surface area contributed by atoms with Crippen molar-refractivity contribution < 1.29 is 71.5 Å². The van der Waals surface area contributed by atoms with E-state index in [1.165, 1.54) is 31.2 Å². The van der Waals surface area contributed by atoms with Crippen molar-refractivity contribution >= 4 is 47.7 Å². The Morgan fingerprint density at radius 2 is 1.18 bits per heavy atom. The van der Waals surface area contributed by atoms with Gasteiger partial charge >= 0.3 is 41.8 Å². The number of amides is 1. The first-order chi connectivity index (χ1) is 20.5. The lowest BCUT2D eigenvalue weighted by atomic mass is 10.00. The van der Waals surface area contributed by atoms with Crippen LogP contribution in [-0.2, 0) is 73.2 Å². The molecule has 0 spiro atoms. The van der Waals surface area contributed by atoms with Gasteiger partial charge in [-0.15, -0.1) is 0 Å². The molecule has 0 bridgehead atoms. The molecule has 242 valence electrons. The van der Waals surface area contributed by atoms with Crippen molar-refractivity contribution in [1.29, 1.82) is 0 Å². The average Bonchev–Trinajstić information content (AvgIpc) is 2.91. The molecule has 1 rings (SSSR count). The zero-order chi connectivity index (χ0) is 33.6. The van der Waals surface area contributed by atoms with Crippen LogP contribution in [0.25, 0.3) is 0 Å². The topological polar surface area (TPSA) is 213 Å². The van der Waals surface area contributed by atoms with Crippen LogP contribution >= 0.6 is 0 Å². The van der Waals surface area contributed by atoms with E-state index in [-0.39, 0.29) is 12.2 Å². The van der Waals surface area contributed by atoms with Crippen LogP contribution in [-0.4, -0.2) is 91.9 Å². The predicted molar refractivity (Wildman–Crippen MR) is 144 cm³/mol. The van der Waals surface area contributed by atoms with Gasteiger partial charge in [-0.05, 0) is 17.7 Å². The van der Waals surface area contributed by atoms with E-state index in [2.05, 4.69) is 5.32 Å². The summed E-state index contributed by atoms with van der Waals surface area (Å²) >= 11 is 0. The van der Waals surface area contributed by atoms with Crippen molar-refractivity contribution in [3.8, 4) is 5.75 Å². The molecular weight excluding hydrogens is 590 g/mol. The number of ether oxygens (including phenoxy) is 7. The molecule has 16 heteroatoms. The molecule has 1 aromatic rings. The van der Waals surface area contributed by atoms with Crippen LogP contribution in [0.3, 0.4) is 0 Å². The fraction of sp³-hybridized carbons (Fsp3) is 0.500. The summed E-state index contributed by atoms with van der Waals surface area (Å²) in [6, 6.07) is 4.53. The summed E-state index contributed by atoms with van der Waals surface area (Å²) in [7, 11) is 1.06. The molecule has 44 heavy (non-hydrogen) atoms. The number of esters is 7. The van der Waals surface area contributed by atoms with Crippen molar-refractivity contribution in [2.24, 2.45) is 0 Å². The second-order valence-electron chi connectivity index (χ2n) is 9.15. The van der Waals surface area contributed by atoms with Crippen LogP contribution in [0.4, 0.5) is 0 Å². The molecule has 0 aliphatic rings. The first kappa shape index (κ1) is 37.0. The van der Waals surface area contributed by atoms with Gasteiger partial charge in [0.2, 0.25) is 6.10 Å². The Bertz CT molecular complexity index is 1230. The minimum atomic E-state index is -2.10. The maximum atomic E-state index is 13.6. The quantitative estimate of drug-likeness (QED) is 0.155. The third kappa shape index (κ3) is 13.3. The van der Waals surface area contributed by atoms with Crippen LogP contribution in [0.5, 0.6) is 5.75 Å². The number of hydrogen-bond donors (Lipinski definition) is 1. The van der Waals surface area contributed by atoms with Gasteiger partial charge in [-0.1, -0.05) is 12.1 Å². The number of nitrogens with one attached hydrogen (secondary N) is 1. The van der Waals surface area contributed by atoms with Gasteiger partial charge in [-0.3, -0.25) is 33.6 Å². The van der Waals surface area contributed by atoms with Crippen molar-refractivity contribution in [3.05, 3.63) is 29.8 Å². The first-order valence-corrected chi connectivity index (χ1v) is 13.0. The van der Waals surface area contributed by atoms with Gasteiger partial charge in [0.1, 0.15) is 18.4 Å². The van der Waals surface area contributed by atoms with E-state index < -0.39 is 84.8 Å². The summed E-state index contributed by atoms with van der Waals surface area (Å²) in [5, 5.41) is 2.36. The molecule has 0 saturated heterocycles. The highest BCUT2D eigenvalue weighted by Gasteiger charge is 2.47. The number of hydrogen-bond acceptors (Lipinski definition) is 15. The minimum Gasteiger partial charge on any atom is -0.467 e. The Labute approximate surface area is 252 Å². The molecule has 5 atom stereocenters. The summed E-state index contributed by atoms with van der Waals surface area (Å²) in [6.07, 6.45) is -7.77. The molecule has 0 unspecified atom stereocenters.